The Labute approximate surface area is 144 Å². The molecule has 0 aliphatic carbocycles. The maximum absolute atomic E-state index is 12.2. The van der Waals surface area contributed by atoms with E-state index in [1.807, 2.05) is 0 Å². The highest BCUT2D eigenvalue weighted by atomic mass is 80.0. The van der Waals surface area contributed by atoms with E-state index in [2.05, 4.69) is 59.7 Å². The zero-order valence-corrected chi connectivity index (χ0v) is 16.3. The van der Waals surface area contributed by atoms with Gasteiger partial charge in [-0.2, -0.15) is 0 Å². The Kier molecular flexibility index (Phi) is 7.17. The number of unbranched alkanes of at least 4 members (excludes halogenated alkanes) is 1. The number of aliphatic imine (C=N–C) groups is 1. The lowest BCUT2D eigenvalue weighted by Crippen LogP contribution is -2.17. The van der Waals surface area contributed by atoms with Crippen molar-refractivity contribution >= 4 is 64.0 Å². The van der Waals surface area contributed by atoms with Crippen molar-refractivity contribution in [3.05, 3.63) is 24.3 Å². The van der Waals surface area contributed by atoms with E-state index in [0.717, 1.165) is 12.8 Å². The number of benzene rings is 1. The van der Waals surface area contributed by atoms with Gasteiger partial charge < -0.3 is 4.74 Å². The topological polar surface area (TPSA) is 55.7 Å². The third-order valence-corrected chi connectivity index (χ3v) is 7.64. The second kappa shape index (κ2) is 7.91. The van der Waals surface area contributed by atoms with Crippen LogP contribution in [-0.2, 0) is 9.84 Å². The number of ether oxygens (including phenoxy) is 1. The van der Waals surface area contributed by atoms with Crippen LogP contribution in [0.4, 0.5) is 0 Å². The highest BCUT2D eigenvalue weighted by Gasteiger charge is 2.37. The van der Waals surface area contributed by atoms with Gasteiger partial charge in [0.25, 0.3) is 0 Å². The third-order valence-electron chi connectivity index (χ3n) is 2.32. The van der Waals surface area contributed by atoms with E-state index in [4.69, 9.17) is 4.74 Å². The fourth-order valence-electron chi connectivity index (χ4n) is 1.25. The first kappa shape index (κ1) is 18.1. The lowest BCUT2D eigenvalue weighted by molar-refractivity contribution is 0.564. The minimum absolute atomic E-state index is 0.127. The molecular formula is C12H14Br3NO3S. The van der Waals surface area contributed by atoms with Crippen molar-refractivity contribution < 1.29 is 13.2 Å². The molecule has 0 saturated heterocycles. The van der Waals surface area contributed by atoms with Gasteiger partial charge in [-0.05, 0) is 72.4 Å². The number of hydrogen-bond donors (Lipinski definition) is 0. The molecule has 4 nitrogen and oxygen atoms in total. The molecule has 0 aromatic heterocycles. The van der Waals surface area contributed by atoms with Crippen molar-refractivity contribution in [3.8, 4) is 5.75 Å². The van der Waals surface area contributed by atoms with Crippen molar-refractivity contribution in [2.75, 3.05) is 6.54 Å². The molecule has 0 amide bonds. The fourth-order valence-corrected chi connectivity index (χ4v) is 3.73. The van der Waals surface area contributed by atoms with Gasteiger partial charge in [0.15, 0.2) is 6.40 Å². The van der Waals surface area contributed by atoms with Crippen molar-refractivity contribution in [3.63, 3.8) is 0 Å². The first-order valence-corrected chi connectivity index (χ1v) is 9.71. The van der Waals surface area contributed by atoms with Crippen LogP contribution >= 0.6 is 47.8 Å². The van der Waals surface area contributed by atoms with Gasteiger partial charge in [-0.25, -0.2) is 8.42 Å². The Balaban J connectivity index is 2.84. The van der Waals surface area contributed by atoms with Crippen molar-refractivity contribution in [2.24, 2.45) is 4.99 Å². The van der Waals surface area contributed by atoms with Crippen LogP contribution in [0.5, 0.6) is 5.75 Å². The fraction of sp³-hybridized carbons (Fsp3) is 0.417. The van der Waals surface area contributed by atoms with Gasteiger partial charge in [-0.1, -0.05) is 19.4 Å². The zero-order chi connectivity index (χ0) is 15.2. The van der Waals surface area contributed by atoms with Crippen LogP contribution in [0.3, 0.4) is 0 Å². The minimum Gasteiger partial charge on any atom is -0.446 e. The molecule has 8 heteroatoms. The largest absolute Gasteiger partial charge is 0.446 e. The van der Waals surface area contributed by atoms with E-state index in [1.54, 1.807) is 12.1 Å². The monoisotopic (exact) mass is 489 g/mol. The molecule has 0 unspecified atom stereocenters. The summed E-state index contributed by atoms with van der Waals surface area (Å²) in [6.45, 7) is 2.78. The van der Waals surface area contributed by atoms with E-state index in [0.29, 0.717) is 12.3 Å². The van der Waals surface area contributed by atoms with E-state index >= 15 is 0 Å². The normalized spacial score (nSPS) is 12.8. The van der Waals surface area contributed by atoms with Gasteiger partial charge >= 0.3 is 0 Å². The Morgan fingerprint density at radius 3 is 2.65 bits per heavy atom. The molecule has 0 bridgehead atoms. The van der Waals surface area contributed by atoms with Gasteiger partial charge in [0.05, 0.1) is 4.90 Å². The Morgan fingerprint density at radius 2 is 2.05 bits per heavy atom. The van der Waals surface area contributed by atoms with Gasteiger partial charge in [0, 0.05) is 6.54 Å². The maximum Gasteiger partial charge on any atom is 0.239 e. The summed E-state index contributed by atoms with van der Waals surface area (Å²) in [4.78, 5) is 4.20. The maximum atomic E-state index is 12.2. The van der Waals surface area contributed by atoms with Gasteiger partial charge in [-0.3, -0.25) is 4.99 Å². The molecule has 0 aliphatic rings. The molecule has 0 atom stereocenters. The molecule has 0 aliphatic heterocycles. The van der Waals surface area contributed by atoms with Crippen LogP contribution in [0, 0.1) is 0 Å². The van der Waals surface area contributed by atoms with Crippen LogP contribution in [0.2, 0.25) is 0 Å². The van der Waals surface area contributed by atoms with E-state index in [-0.39, 0.29) is 4.90 Å². The first-order chi connectivity index (χ1) is 9.29. The Bertz CT molecular complexity index is 568. The van der Waals surface area contributed by atoms with Crippen molar-refractivity contribution in [1.82, 2.24) is 0 Å². The summed E-state index contributed by atoms with van der Waals surface area (Å²) in [5.41, 5.74) is 0. The summed E-state index contributed by atoms with van der Waals surface area (Å²) in [5.74, 6) is 0.420. The molecule has 112 valence electrons. The van der Waals surface area contributed by atoms with Gasteiger partial charge in [0.2, 0.25) is 11.3 Å². The Hall–Kier alpha value is 0.0800. The second-order valence-corrected chi connectivity index (χ2v) is 14.3. The number of nitrogens with zero attached hydrogens (tertiary/aromatic N) is 1. The van der Waals surface area contributed by atoms with Gasteiger partial charge in [-0.15, -0.1) is 0 Å². The highest BCUT2D eigenvalue weighted by Crippen LogP contribution is 2.43. The number of alkyl halides is 3. The minimum atomic E-state index is -3.61. The van der Waals surface area contributed by atoms with E-state index in [9.17, 15) is 8.42 Å². The Morgan fingerprint density at radius 1 is 1.35 bits per heavy atom. The van der Waals surface area contributed by atoms with Crippen LogP contribution in [-0.4, -0.2) is 22.8 Å². The molecule has 0 heterocycles. The average Bonchev–Trinajstić information content (AvgIpc) is 2.37. The molecule has 1 rings (SSSR count). The van der Waals surface area contributed by atoms with E-state index in [1.165, 1.54) is 18.5 Å². The molecule has 1 aromatic rings. The molecular weight excluding hydrogens is 478 g/mol. The number of halogens is 3. The lowest BCUT2D eigenvalue weighted by Gasteiger charge is -2.13. The summed E-state index contributed by atoms with van der Waals surface area (Å²) >= 11 is 9.06. The molecule has 0 spiro atoms. The quantitative estimate of drug-likeness (QED) is 0.255. The van der Waals surface area contributed by atoms with Gasteiger partial charge in [0.1, 0.15) is 5.75 Å². The molecule has 0 fully saturated rings. The third kappa shape index (κ3) is 5.13. The summed E-state index contributed by atoms with van der Waals surface area (Å²) in [6.07, 6.45) is 3.40. The summed E-state index contributed by atoms with van der Waals surface area (Å²) in [6, 6.07) is 6.22. The molecule has 0 N–H and O–H groups in total. The zero-order valence-electron chi connectivity index (χ0n) is 10.7. The molecule has 0 radical (unpaired) electrons. The summed E-state index contributed by atoms with van der Waals surface area (Å²) in [5, 5.41) is 0. The van der Waals surface area contributed by atoms with Crippen LogP contribution in [0.25, 0.3) is 0 Å². The summed E-state index contributed by atoms with van der Waals surface area (Å²) < 4.78 is 28.3. The van der Waals surface area contributed by atoms with Crippen molar-refractivity contribution in [1.29, 1.82) is 0 Å². The summed E-state index contributed by atoms with van der Waals surface area (Å²) in [7, 11) is -3.61. The van der Waals surface area contributed by atoms with Crippen molar-refractivity contribution in [2.45, 2.75) is 26.1 Å². The number of hydrogen-bond acceptors (Lipinski definition) is 4. The standard InChI is InChI=1S/C12H14Br3NO3S/c1-2-3-7-16-9-19-10-5-4-6-11(8-10)20(17,18)12(13,14)15/h4-6,8-9H,2-3,7H2,1H3/b16-9+. The van der Waals surface area contributed by atoms with Crippen LogP contribution in [0.1, 0.15) is 19.8 Å². The smallest absolute Gasteiger partial charge is 0.239 e. The predicted molar refractivity (Wildman–Crippen MR) is 92.0 cm³/mol. The lowest BCUT2D eigenvalue weighted by atomic mass is 10.3. The number of rotatable bonds is 6. The SMILES string of the molecule is CCCC/N=C/Oc1cccc(S(=O)(=O)C(Br)(Br)Br)c1. The number of sulfone groups is 1. The van der Waals surface area contributed by atoms with Crippen LogP contribution in [0.15, 0.2) is 34.2 Å². The second-order valence-electron chi connectivity index (χ2n) is 3.91. The first-order valence-electron chi connectivity index (χ1n) is 5.85. The highest BCUT2D eigenvalue weighted by molar-refractivity contribution is 9.42. The van der Waals surface area contributed by atoms with E-state index < -0.39 is 11.3 Å². The molecule has 0 saturated carbocycles. The average molecular weight is 492 g/mol. The molecule has 20 heavy (non-hydrogen) atoms. The predicted octanol–water partition coefficient (Wildman–Crippen LogP) is 4.46. The van der Waals surface area contributed by atoms with Crippen LogP contribution < -0.4 is 4.74 Å². The molecule has 1 aromatic carbocycles.